The molecule has 1 aliphatic carbocycles. The van der Waals surface area contributed by atoms with E-state index < -0.39 is 5.97 Å². The average molecular weight is 315 g/mol. The van der Waals surface area contributed by atoms with Crippen molar-refractivity contribution in [2.24, 2.45) is 5.92 Å². The zero-order valence-electron chi connectivity index (χ0n) is 11.3. The van der Waals surface area contributed by atoms with Gasteiger partial charge in [0.05, 0.1) is 23.6 Å². The predicted octanol–water partition coefficient (Wildman–Crippen LogP) is 3.00. The molecule has 0 saturated heterocycles. The summed E-state index contributed by atoms with van der Waals surface area (Å²) in [7, 11) is 0. The van der Waals surface area contributed by atoms with Crippen molar-refractivity contribution in [2.45, 2.75) is 6.04 Å². The lowest BCUT2D eigenvalue weighted by molar-refractivity contribution is 0.0694. The normalized spacial score (nSPS) is 22.6. The van der Waals surface area contributed by atoms with E-state index in [2.05, 4.69) is 6.07 Å². The minimum atomic E-state index is -1.19. The van der Waals surface area contributed by atoms with Crippen molar-refractivity contribution in [2.75, 3.05) is 4.90 Å². The summed E-state index contributed by atoms with van der Waals surface area (Å²) >= 11 is 6.21. The number of phenols is 1. The predicted molar refractivity (Wildman–Crippen MR) is 81.6 cm³/mol. The second kappa shape index (κ2) is 5.24. The van der Waals surface area contributed by atoms with Crippen molar-refractivity contribution in [3.8, 4) is 11.8 Å². The topological polar surface area (TPSA) is 84.6 Å². The third kappa shape index (κ3) is 2.14. The molecule has 1 aliphatic heterocycles. The van der Waals surface area contributed by atoms with E-state index in [4.69, 9.17) is 16.7 Å². The van der Waals surface area contributed by atoms with Crippen LogP contribution in [0.2, 0.25) is 0 Å². The fourth-order valence-electron chi connectivity index (χ4n) is 2.75. The number of hydrogen-bond acceptors (Lipinski definition) is 4. The zero-order chi connectivity index (χ0) is 15.9. The van der Waals surface area contributed by atoms with E-state index in [-0.39, 0.29) is 23.3 Å². The van der Waals surface area contributed by atoms with Gasteiger partial charge in [-0.1, -0.05) is 23.8 Å². The first kappa shape index (κ1) is 14.2. The third-order valence-corrected chi connectivity index (χ3v) is 4.14. The van der Waals surface area contributed by atoms with Crippen LogP contribution in [-0.4, -0.2) is 22.2 Å². The number of allylic oxidation sites excluding steroid dienone is 2. The summed E-state index contributed by atoms with van der Waals surface area (Å²) in [5.41, 5.74) is 0.956. The van der Waals surface area contributed by atoms with E-state index in [0.717, 1.165) is 0 Å². The summed E-state index contributed by atoms with van der Waals surface area (Å²) in [6.45, 7) is 0. The van der Waals surface area contributed by atoms with E-state index in [1.807, 2.05) is 12.2 Å². The minimum Gasteiger partial charge on any atom is -0.507 e. The molecule has 0 saturated carbocycles. The minimum absolute atomic E-state index is 0.165. The van der Waals surface area contributed by atoms with Crippen LogP contribution in [0.15, 0.2) is 53.2 Å². The Morgan fingerprint density at radius 3 is 2.82 bits per heavy atom. The first-order chi connectivity index (χ1) is 10.5. The van der Waals surface area contributed by atoms with Gasteiger partial charge in [-0.25, -0.2) is 4.79 Å². The van der Waals surface area contributed by atoms with Gasteiger partial charge >= 0.3 is 5.97 Å². The van der Waals surface area contributed by atoms with E-state index in [1.165, 1.54) is 12.1 Å². The number of hydrogen-bond donors (Lipinski definition) is 2. The van der Waals surface area contributed by atoms with Gasteiger partial charge in [-0.2, -0.15) is 5.26 Å². The molecule has 22 heavy (non-hydrogen) atoms. The average Bonchev–Trinajstić information content (AvgIpc) is 2.87. The van der Waals surface area contributed by atoms with E-state index >= 15 is 0 Å². The quantitative estimate of drug-likeness (QED) is 0.876. The fraction of sp³-hybridized carbons (Fsp3) is 0.125. The number of fused-ring (bicyclic) bond motifs is 1. The summed E-state index contributed by atoms with van der Waals surface area (Å²) < 4.78 is 0. The van der Waals surface area contributed by atoms with Gasteiger partial charge in [-0.15, -0.1) is 0 Å². The first-order valence-corrected chi connectivity index (χ1v) is 6.91. The van der Waals surface area contributed by atoms with Gasteiger partial charge in [0, 0.05) is 23.0 Å². The van der Waals surface area contributed by atoms with Crippen molar-refractivity contribution in [3.05, 3.63) is 58.8 Å². The largest absolute Gasteiger partial charge is 0.507 e. The number of aromatic carboxylic acids is 1. The van der Waals surface area contributed by atoms with Gasteiger partial charge in [0.15, 0.2) is 0 Å². The number of nitriles is 1. The Labute approximate surface area is 131 Å². The maximum Gasteiger partial charge on any atom is 0.339 e. The van der Waals surface area contributed by atoms with Gasteiger partial charge in [-0.05, 0) is 18.2 Å². The highest BCUT2D eigenvalue weighted by Crippen LogP contribution is 2.41. The molecular weight excluding hydrogens is 304 g/mol. The highest BCUT2D eigenvalue weighted by molar-refractivity contribution is 6.30. The molecule has 2 unspecified atom stereocenters. The molecule has 0 aromatic heterocycles. The van der Waals surface area contributed by atoms with Crippen LogP contribution in [0.25, 0.3) is 0 Å². The molecule has 3 rings (SSSR count). The summed E-state index contributed by atoms with van der Waals surface area (Å²) in [6, 6.07) is 6.28. The maximum atomic E-state index is 11.0. The van der Waals surface area contributed by atoms with Crippen LogP contribution in [0.4, 0.5) is 5.69 Å². The van der Waals surface area contributed by atoms with Crippen molar-refractivity contribution < 1.29 is 15.0 Å². The molecule has 6 heteroatoms. The Kier molecular flexibility index (Phi) is 3.39. The van der Waals surface area contributed by atoms with Crippen LogP contribution >= 0.6 is 11.6 Å². The Morgan fingerprint density at radius 2 is 2.18 bits per heavy atom. The van der Waals surface area contributed by atoms with Crippen LogP contribution < -0.4 is 4.90 Å². The first-order valence-electron chi connectivity index (χ1n) is 6.53. The standard InChI is InChI=1S/C16H11ClN2O3/c17-12-2-1-3-13-15(12)9(7-18)8-19(13)10-4-5-11(16(21)22)14(20)6-10/h1-6,8,13,15,20H,(H,21,22). The Balaban J connectivity index is 2.03. The van der Waals surface area contributed by atoms with Gasteiger partial charge in [-0.3, -0.25) is 0 Å². The number of benzene rings is 1. The molecule has 0 spiro atoms. The summed E-state index contributed by atoms with van der Waals surface area (Å²) in [5, 5.41) is 28.7. The number of halogens is 1. The Bertz CT molecular complexity index is 789. The molecule has 0 radical (unpaired) electrons. The van der Waals surface area contributed by atoms with Crippen molar-refractivity contribution in [3.63, 3.8) is 0 Å². The summed E-state index contributed by atoms with van der Waals surface area (Å²) in [4.78, 5) is 12.8. The lowest BCUT2D eigenvalue weighted by atomic mass is 9.91. The Hall–Kier alpha value is -2.71. The van der Waals surface area contributed by atoms with E-state index in [1.54, 1.807) is 23.2 Å². The lowest BCUT2D eigenvalue weighted by Gasteiger charge is -2.29. The highest BCUT2D eigenvalue weighted by Gasteiger charge is 2.38. The molecule has 1 aromatic rings. The second-order valence-electron chi connectivity index (χ2n) is 5.01. The fourth-order valence-corrected chi connectivity index (χ4v) is 3.07. The molecule has 5 nitrogen and oxygen atoms in total. The molecule has 1 heterocycles. The zero-order valence-corrected chi connectivity index (χ0v) is 12.0. The molecule has 2 N–H and O–H groups in total. The molecular formula is C16H11ClN2O3. The smallest absolute Gasteiger partial charge is 0.339 e. The van der Waals surface area contributed by atoms with Crippen molar-refractivity contribution in [1.82, 2.24) is 0 Å². The lowest BCUT2D eigenvalue weighted by Crippen LogP contribution is -2.31. The number of aromatic hydroxyl groups is 1. The van der Waals surface area contributed by atoms with E-state index in [0.29, 0.717) is 16.3 Å². The Morgan fingerprint density at radius 1 is 1.41 bits per heavy atom. The number of nitrogens with zero attached hydrogens (tertiary/aromatic N) is 2. The molecule has 2 atom stereocenters. The van der Waals surface area contributed by atoms with Crippen LogP contribution in [-0.2, 0) is 0 Å². The van der Waals surface area contributed by atoms with Gasteiger partial charge < -0.3 is 15.1 Å². The number of carboxylic acid groups (broad SMARTS) is 1. The van der Waals surface area contributed by atoms with Gasteiger partial charge in [0.2, 0.25) is 0 Å². The van der Waals surface area contributed by atoms with E-state index in [9.17, 15) is 15.2 Å². The highest BCUT2D eigenvalue weighted by atomic mass is 35.5. The summed E-state index contributed by atoms with van der Waals surface area (Å²) in [5.74, 6) is -1.75. The van der Waals surface area contributed by atoms with Crippen LogP contribution in [0.5, 0.6) is 5.75 Å². The molecule has 110 valence electrons. The number of carbonyl (C=O) groups is 1. The molecule has 0 fully saturated rings. The third-order valence-electron chi connectivity index (χ3n) is 3.78. The SMILES string of the molecule is N#CC1=CN(c2ccc(C(=O)O)c(O)c2)C2C=CC=C(Cl)C12. The summed E-state index contributed by atoms with van der Waals surface area (Å²) in [6.07, 6.45) is 7.16. The number of rotatable bonds is 2. The van der Waals surface area contributed by atoms with Crippen molar-refractivity contribution in [1.29, 1.82) is 5.26 Å². The second-order valence-corrected chi connectivity index (χ2v) is 5.45. The molecule has 1 aromatic carbocycles. The molecule has 0 amide bonds. The van der Waals surface area contributed by atoms with Crippen LogP contribution in [0, 0.1) is 17.2 Å². The monoisotopic (exact) mass is 314 g/mol. The molecule has 2 aliphatic rings. The number of carboxylic acids is 1. The van der Waals surface area contributed by atoms with Gasteiger partial charge in [0.25, 0.3) is 0 Å². The van der Waals surface area contributed by atoms with Crippen molar-refractivity contribution >= 4 is 23.3 Å². The van der Waals surface area contributed by atoms with Crippen LogP contribution in [0.3, 0.4) is 0 Å². The maximum absolute atomic E-state index is 11.0. The van der Waals surface area contributed by atoms with Gasteiger partial charge in [0.1, 0.15) is 11.3 Å². The van der Waals surface area contributed by atoms with Crippen LogP contribution in [0.1, 0.15) is 10.4 Å². The number of anilines is 1. The molecule has 0 bridgehead atoms.